The summed E-state index contributed by atoms with van der Waals surface area (Å²) >= 11 is 0. The van der Waals surface area contributed by atoms with Crippen molar-refractivity contribution in [2.24, 2.45) is 0 Å². The van der Waals surface area contributed by atoms with Crippen LogP contribution in [0.1, 0.15) is 10.4 Å². The lowest BCUT2D eigenvalue weighted by atomic mass is 10.2. The van der Waals surface area contributed by atoms with Gasteiger partial charge in [-0.2, -0.15) is 0 Å². The molecule has 1 N–H and O–H groups in total. The molecule has 0 atom stereocenters. The number of carbonyl (C=O) groups is 1. The molecule has 1 aromatic carbocycles. The molecule has 6 nitrogen and oxygen atoms in total. The first-order valence-electron chi connectivity index (χ1n) is 4.37. The van der Waals surface area contributed by atoms with E-state index >= 15 is 0 Å². The van der Waals surface area contributed by atoms with Crippen LogP contribution in [-0.2, 0) is 14.8 Å². The van der Waals surface area contributed by atoms with Gasteiger partial charge in [0.1, 0.15) is 5.75 Å². The Hall–Kier alpha value is -1.76. The molecule has 0 fully saturated rings. The van der Waals surface area contributed by atoms with Crippen LogP contribution in [0, 0.1) is 0 Å². The van der Waals surface area contributed by atoms with Crippen molar-refractivity contribution < 1.29 is 22.7 Å². The Labute approximate surface area is 92.2 Å². The summed E-state index contributed by atoms with van der Waals surface area (Å²) in [5.41, 5.74) is 0.503. The van der Waals surface area contributed by atoms with Crippen molar-refractivity contribution in [3.63, 3.8) is 0 Å². The van der Waals surface area contributed by atoms with Crippen molar-refractivity contribution in [2.45, 2.75) is 0 Å². The first-order chi connectivity index (χ1) is 7.52. The van der Waals surface area contributed by atoms with Crippen LogP contribution in [0.3, 0.4) is 0 Å². The maximum Gasteiger partial charge on any atom is 0.337 e. The van der Waals surface area contributed by atoms with Crippen molar-refractivity contribution in [2.75, 3.05) is 17.8 Å². The van der Waals surface area contributed by atoms with E-state index in [-0.39, 0.29) is 11.3 Å². The molecule has 0 aliphatic carbocycles. The second-order valence-corrected chi connectivity index (χ2v) is 4.85. The smallest absolute Gasteiger partial charge is 0.337 e. The molecular formula is C9H9NO5S. The van der Waals surface area contributed by atoms with Crippen molar-refractivity contribution in [1.29, 1.82) is 0 Å². The quantitative estimate of drug-likeness (QED) is 0.729. The number of esters is 1. The van der Waals surface area contributed by atoms with E-state index in [1.807, 2.05) is 0 Å². The fraction of sp³-hybridized carbons (Fsp3) is 0.222. The molecule has 0 unspecified atom stereocenters. The third kappa shape index (κ3) is 1.94. The molecule has 2 rings (SSSR count). The molecule has 1 aliphatic rings. The Morgan fingerprint density at radius 3 is 2.94 bits per heavy atom. The fourth-order valence-corrected chi connectivity index (χ4v) is 2.15. The summed E-state index contributed by atoms with van der Waals surface area (Å²) in [7, 11) is -2.22. The van der Waals surface area contributed by atoms with Crippen molar-refractivity contribution in [3.05, 3.63) is 23.8 Å². The summed E-state index contributed by atoms with van der Waals surface area (Å²) in [6.45, 7) is 0. The summed E-state index contributed by atoms with van der Waals surface area (Å²) in [6, 6.07) is 4.39. The highest BCUT2D eigenvalue weighted by Gasteiger charge is 2.22. The number of fused-ring (bicyclic) bond motifs is 1. The molecule has 0 amide bonds. The van der Waals surface area contributed by atoms with Crippen LogP contribution in [-0.4, -0.2) is 27.4 Å². The Balaban J connectivity index is 2.42. The monoisotopic (exact) mass is 243 g/mol. The van der Waals surface area contributed by atoms with Crippen molar-refractivity contribution in [3.8, 4) is 5.75 Å². The molecule has 0 radical (unpaired) electrons. The topological polar surface area (TPSA) is 81.7 Å². The summed E-state index contributed by atoms with van der Waals surface area (Å²) in [4.78, 5) is 11.2. The van der Waals surface area contributed by atoms with Crippen molar-refractivity contribution in [1.82, 2.24) is 0 Å². The summed E-state index contributed by atoms with van der Waals surface area (Å²) in [5.74, 6) is -0.563. The van der Waals surface area contributed by atoms with Gasteiger partial charge in [0.05, 0.1) is 18.4 Å². The number of hydrogen-bond acceptors (Lipinski definition) is 5. The van der Waals surface area contributed by atoms with Crippen LogP contribution in [0.25, 0.3) is 0 Å². The first kappa shape index (κ1) is 10.7. The predicted octanol–water partition coefficient (Wildman–Crippen LogP) is 0.565. The SMILES string of the molecule is COC(=O)c1ccc2c(c1)NS(=O)(=O)CO2. The highest BCUT2D eigenvalue weighted by Crippen LogP contribution is 2.30. The summed E-state index contributed by atoms with van der Waals surface area (Å²) in [6.07, 6.45) is 0. The van der Waals surface area contributed by atoms with Gasteiger partial charge < -0.3 is 9.47 Å². The van der Waals surface area contributed by atoms with Gasteiger partial charge in [0.2, 0.25) is 5.94 Å². The molecule has 0 saturated carbocycles. The van der Waals surface area contributed by atoms with Gasteiger partial charge in [0.25, 0.3) is 10.0 Å². The second-order valence-electron chi connectivity index (χ2n) is 3.18. The van der Waals surface area contributed by atoms with Gasteiger partial charge in [0.15, 0.2) is 0 Å². The van der Waals surface area contributed by atoms with E-state index in [2.05, 4.69) is 9.46 Å². The van der Waals surface area contributed by atoms with Crippen LogP contribution in [0.4, 0.5) is 5.69 Å². The van der Waals surface area contributed by atoms with Crippen LogP contribution in [0.2, 0.25) is 0 Å². The van der Waals surface area contributed by atoms with E-state index in [1.165, 1.54) is 25.3 Å². The van der Waals surface area contributed by atoms with Gasteiger partial charge >= 0.3 is 5.97 Å². The standard InChI is InChI=1S/C9H9NO5S/c1-14-9(11)6-2-3-8-7(4-6)10-16(12,13)5-15-8/h2-4,10H,5H2,1H3. The van der Waals surface area contributed by atoms with E-state index in [9.17, 15) is 13.2 Å². The lowest BCUT2D eigenvalue weighted by molar-refractivity contribution is 0.0600. The molecule has 0 saturated heterocycles. The fourth-order valence-electron chi connectivity index (χ4n) is 1.32. The van der Waals surface area contributed by atoms with Crippen LogP contribution in [0.15, 0.2) is 18.2 Å². The number of sulfonamides is 1. The zero-order valence-corrected chi connectivity index (χ0v) is 9.21. The van der Waals surface area contributed by atoms with E-state index < -0.39 is 21.9 Å². The minimum absolute atomic E-state index is 0.245. The van der Waals surface area contributed by atoms with Gasteiger partial charge in [0, 0.05) is 0 Å². The Bertz CT molecular complexity index is 537. The normalized spacial score (nSPS) is 16.6. The molecule has 7 heteroatoms. The van der Waals surface area contributed by atoms with Crippen LogP contribution in [0.5, 0.6) is 5.75 Å². The Kier molecular flexibility index (Phi) is 2.47. The van der Waals surface area contributed by atoms with Gasteiger partial charge in [-0.05, 0) is 18.2 Å². The van der Waals surface area contributed by atoms with Gasteiger partial charge in [-0.15, -0.1) is 0 Å². The Morgan fingerprint density at radius 2 is 2.25 bits per heavy atom. The van der Waals surface area contributed by atoms with E-state index in [4.69, 9.17) is 4.74 Å². The minimum Gasteiger partial charge on any atom is -0.474 e. The molecule has 1 aromatic rings. The highest BCUT2D eigenvalue weighted by atomic mass is 32.2. The third-order valence-corrected chi connectivity index (χ3v) is 2.99. The zero-order valence-electron chi connectivity index (χ0n) is 8.39. The van der Waals surface area contributed by atoms with Gasteiger partial charge in [-0.25, -0.2) is 13.2 Å². The third-order valence-electron chi connectivity index (χ3n) is 2.04. The maximum absolute atomic E-state index is 11.2. The molecule has 16 heavy (non-hydrogen) atoms. The number of benzene rings is 1. The number of methoxy groups -OCH3 is 1. The molecule has 86 valence electrons. The molecule has 1 aliphatic heterocycles. The molecular weight excluding hydrogens is 234 g/mol. The predicted molar refractivity (Wildman–Crippen MR) is 55.8 cm³/mol. The van der Waals surface area contributed by atoms with E-state index in [0.29, 0.717) is 5.75 Å². The maximum atomic E-state index is 11.2. The van der Waals surface area contributed by atoms with Gasteiger partial charge in [-0.1, -0.05) is 0 Å². The van der Waals surface area contributed by atoms with E-state index in [1.54, 1.807) is 0 Å². The zero-order chi connectivity index (χ0) is 11.8. The van der Waals surface area contributed by atoms with Crippen molar-refractivity contribution >= 4 is 21.7 Å². The average Bonchev–Trinajstić information content (AvgIpc) is 2.25. The summed E-state index contributed by atoms with van der Waals surface area (Å²) < 4.78 is 34.2. The number of nitrogens with one attached hydrogen (secondary N) is 1. The number of hydrogen-bond donors (Lipinski definition) is 1. The second kappa shape index (κ2) is 3.67. The van der Waals surface area contributed by atoms with Crippen LogP contribution < -0.4 is 9.46 Å². The largest absolute Gasteiger partial charge is 0.474 e. The molecule has 1 heterocycles. The average molecular weight is 243 g/mol. The van der Waals surface area contributed by atoms with E-state index in [0.717, 1.165) is 0 Å². The minimum atomic E-state index is -3.47. The van der Waals surface area contributed by atoms with Crippen LogP contribution >= 0.6 is 0 Å². The lowest BCUT2D eigenvalue weighted by Gasteiger charge is -2.19. The van der Waals surface area contributed by atoms with Gasteiger partial charge in [-0.3, -0.25) is 4.72 Å². The summed E-state index contributed by atoms with van der Waals surface area (Å²) in [5, 5.41) is 0. The Morgan fingerprint density at radius 1 is 1.50 bits per heavy atom. The molecule has 0 spiro atoms. The number of ether oxygens (including phenoxy) is 2. The molecule has 0 bridgehead atoms. The molecule has 0 aromatic heterocycles. The first-order valence-corrected chi connectivity index (χ1v) is 6.03. The lowest BCUT2D eigenvalue weighted by Crippen LogP contribution is -2.25. The number of anilines is 1. The number of carbonyl (C=O) groups excluding carboxylic acids is 1. The number of rotatable bonds is 1. The highest BCUT2D eigenvalue weighted by molar-refractivity contribution is 7.92.